The summed E-state index contributed by atoms with van der Waals surface area (Å²) in [5.74, 6) is 0.441. The molecule has 7 heteroatoms. The lowest BCUT2D eigenvalue weighted by Crippen LogP contribution is -1.93. The lowest BCUT2D eigenvalue weighted by molar-refractivity contribution is 0.340. The summed E-state index contributed by atoms with van der Waals surface area (Å²) < 4.78 is 5.43. The number of hydrogen-bond acceptors (Lipinski definition) is 4. The van der Waals surface area contributed by atoms with Crippen molar-refractivity contribution < 1.29 is 4.74 Å². The average molecular weight is 436 g/mol. The van der Waals surface area contributed by atoms with Gasteiger partial charge in [0, 0.05) is 16.0 Å². The zero-order chi connectivity index (χ0) is 19.4. The van der Waals surface area contributed by atoms with E-state index in [9.17, 15) is 5.26 Å². The lowest BCUT2D eigenvalue weighted by atomic mass is 10.1. The molecule has 2 aromatic carbocycles. The standard InChI is InChI=1S/C20H13Cl3N2OS/c1-2-26-19-16(22)8-12(9-17(19)23)7-14(10-24)20-25-18(11-27-20)13-3-5-15(21)6-4-13/h3-9,11H,2H2,1H3/b14-7-. The van der Waals surface area contributed by atoms with Crippen LogP contribution in [0.15, 0.2) is 41.8 Å². The van der Waals surface area contributed by atoms with E-state index in [-0.39, 0.29) is 0 Å². The van der Waals surface area contributed by atoms with Gasteiger partial charge in [-0.1, -0.05) is 46.9 Å². The predicted molar refractivity (Wildman–Crippen MR) is 114 cm³/mol. The van der Waals surface area contributed by atoms with Gasteiger partial charge < -0.3 is 4.74 Å². The summed E-state index contributed by atoms with van der Waals surface area (Å²) >= 11 is 19.8. The number of allylic oxidation sites excluding steroid dienone is 1. The summed E-state index contributed by atoms with van der Waals surface area (Å²) in [4.78, 5) is 4.56. The Labute approximate surface area is 176 Å². The van der Waals surface area contributed by atoms with Crippen LogP contribution in [0.4, 0.5) is 0 Å². The van der Waals surface area contributed by atoms with Crippen molar-refractivity contribution in [2.45, 2.75) is 6.92 Å². The van der Waals surface area contributed by atoms with Crippen LogP contribution in [-0.4, -0.2) is 11.6 Å². The molecule has 3 aromatic rings. The Balaban J connectivity index is 1.94. The van der Waals surface area contributed by atoms with Crippen LogP contribution in [0.5, 0.6) is 5.75 Å². The van der Waals surface area contributed by atoms with Gasteiger partial charge in [0.25, 0.3) is 0 Å². The number of benzene rings is 2. The fraction of sp³-hybridized carbons (Fsp3) is 0.100. The number of rotatable bonds is 5. The average Bonchev–Trinajstić information content (AvgIpc) is 3.13. The molecule has 136 valence electrons. The van der Waals surface area contributed by atoms with Crippen LogP contribution in [0.1, 0.15) is 17.5 Å². The van der Waals surface area contributed by atoms with Crippen molar-refractivity contribution in [1.82, 2.24) is 4.98 Å². The minimum absolute atomic E-state index is 0.397. The van der Waals surface area contributed by atoms with E-state index in [0.29, 0.717) is 43.6 Å². The van der Waals surface area contributed by atoms with E-state index in [4.69, 9.17) is 39.5 Å². The first-order valence-electron chi connectivity index (χ1n) is 7.97. The highest BCUT2D eigenvalue weighted by molar-refractivity contribution is 7.11. The van der Waals surface area contributed by atoms with Gasteiger partial charge in [-0.15, -0.1) is 11.3 Å². The van der Waals surface area contributed by atoms with Crippen molar-refractivity contribution in [3.8, 4) is 23.1 Å². The van der Waals surface area contributed by atoms with Crippen LogP contribution >= 0.6 is 46.1 Å². The quantitative estimate of drug-likeness (QED) is 0.397. The first-order chi connectivity index (χ1) is 13.0. The maximum Gasteiger partial charge on any atom is 0.156 e. The molecule has 1 heterocycles. The highest BCUT2D eigenvalue weighted by Gasteiger charge is 2.12. The molecule has 0 bridgehead atoms. The van der Waals surface area contributed by atoms with Crippen LogP contribution < -0.4 is 4.74 Å². The first kappa shape index (κ1) is 19.7. The molecule has 0 saturated heterocycles. The Morgan fingerprint density at radius 3 is 2.44 bits per heavy atom. The fourth-order valence-electron chi connectivity index (χ4n) is 2.40. The van der Waals surface area contributed by atoms with Gasteiger partial charge in [-0.25, -0.2) is 4.98 Å². The van der Waals surface area contributed by atoms with Gasteiger partial charge >= 0.3 is 0 Å². The molecule has 0 saturated carbocycles. The summed E-state index contributed by atoms with van der Waals surface area (Å²) in [6.07, 6.45) is 1.71. The number of hydrogen-bond donors (Lipinski definition) is 0. The Bertz CT molecular complexity index is 1010. The minimum Gasteiger partial charge on any atom is -0.491 e. The number of nitriles is 1. The SMILES string of the molecule is CCOc1c(Cl)cc(/C=C(/C#N)c2nc(-c3ccc(Cl)cc3)cs2)cc1Cl. The minimum atomic E-state index is 0.397. The highest BCUT2D eigenvalue weighted by Crippen LogP contribution is 2.36. The predicted octanol–water partition coefficient (Wildman–Crippen LogP) is 7.23. The van der Waals surface area contributed by atoms with Gasteiger partial charge in [0.15, 0.2) is 5.75 Å². The summed E-state index contributed by atoms with van der Waals surface area (Å²) in [5, 5.41) is 13.6. The van der Waals surface area contributed by atoms with Crippen molar-refractivity contribution >= 4 is 57.8 Å². The lowest BCUT2D eigenvalue weighted by Gasteiger charge is -2.08. The summed E-state index contributed by atoms with van der Waals surface area (Å²) in [6.45, 7) is 2.32. The molecular weight excluding hydrogens is 423 g/mol. The van der Waals surface area contributed by atoms with Crippen LogP contribution in [0.3, 0.4) is 0 Å². The molecule has 0 amide bonds. The monoisotopic (exact) mass is 434 g/mol. The molecular formula is C20H13Cl3N2OS. The molecule has 0 aliphatic carbocycles. The molecule has 0 aliphatic heterocycles. The number of nitrogens with zero attached hydrogens (tertiary/aromatic N) is 2. The second kappa shape index (κ2) is 8.77. The van der Waals surface area contributed by atoms with Crippen molar-refractivity contribution in [2.75, 3.05) is 6.61 Å². The summed E-state index contributed by atoms with van der Waals surface area (Å²) in [7, 11) is 0. The van der Waals surface area contributed by atoms with Gasteiger partial charge in [0.2, 0.25) is 0 Å². The first-order valence-corrected chi connectivity index (χ1v) is 9.98. The molecule has 0 fully saturated rings. The molecule has 0 unspecified atom stereocenters. The van der Waals surface area contributed by atoms with E-state index in [1.54, 1.807) is 30.3 Å². The van der Waals surface area contributed by atoms with Gasteiger partial charge in [-0.05, 0) is 42.8 Å². The fourth-order valence-corrected chi connectivity index (χ4v) is 3.94. The Kier molecular flexibility index (Phi) is 6.41. The molecule has 1 aromatic heterocycles. The van der Waals surface area contributed by atoms with E-state index < -0.39 is 0 Å². The smallest absolute Gasteiger partial charge is 0.156 e. The van der Waals surface area contributed by atoms with Crippen molar-refractivity contribution in [3.05, 3.63) is 67.4 Å². The largest absolute Gasteiger partial charge is 0.491 e. The Hall–Kier alpha value is -2.03. The second-order valence-electron chi connectivity index (χ2n) is 5.46. The summed E-state index contributed by atoms with van der Waals surface area (Å²) in [5.41, 5.74) is 2.85. The van der Waals surface area contributed by atoms with Crippen LogP contribution in [-0.2, 0) is 0 Å². The van der Waals surface area contributed by atoms with Gasteiger partial charge in [0.05, 0.1) is 27.9 Å². The third kappa shape index (κ3) is 4.63. The number of ether oxygens (including phenoxy) is 1. The number of halogens is 3. The Morgan fingerprint density at radius 1 is 1.19 bits per heavy atom. The normalized spacial score (nSPS) is 11.3. The van der Waals surface area contributed by atoms with Gasteiger partial charge in [-0.3, -0.25) is 0 Å². The van der Waals surface area contributed by atoms with E-state index in [2.05, 4.69) is 11.1 Å². The molecule has 0 radical (unpaired) electrons. The van der Waals surface area contributed by atoms with Crippen molar-refractivity contribution in [2.24, 2.45) is 0 Å². The van der Waals surface area contributed by atoms with Crippen molar-refractivity contribution in [3.63, 3.8) is 0 Å². The zero-order valence-electron chi connectivity index (χ0n) is 14.2. The molecule has 27 heavy (non-hydrogen) atoms. The Morgan fingerprint density at radius 2 is 1.85 bits per heavy atom. The highest BCUT2D eigenvalue weighted by atomic mass is 35.5. The topological polar surface area (TPSA) is 45.9 Å². The van der Waals surface area contributed by atoms with Crippen LogP contribution in [0.25, 0.3) is 22.9 Å². The molecule has 0 spiro atoms. The summed E-state index contributed by atoms with van der Waals surface area (Å²) in [6, 6.07) is 13.0. The number of thiazole rings is 1. The van der Waals surface area contributed by atoms with Gasteiger partial charge in [0.1, 0.15) is 11.1 Å². The van der Waals surface area contributed by atoms with Crippen LogP contribution in [0, 0.1) is 11.3 Å². The van der Waals surface area contributed by atoms with E-state index >= 15 is 0 Å². The third-order valence-corrected chi connectivity index (χ3v) is 5.30. The van der Waals surface area contributed by atoms with E-state index in [1.807, 2.05) is 24.4 Å². The maximum absolute atomic E-state index is 9.57. The van der Waals surface area contributed by atoms with E-state index in [1.165, 1.54) is 11.3 Å². The van der Waals surface area contributed by atoms with Crippen molar-refractivity contribution in [1.29, 1.82) is 5.26 Å². The molecule has 0 atom stereocenters. The molecule has 3 nitrogen and oxygen atoms in total. The van der Waals surface area contributed by atoms with Gasteiger partial charge in [-0.2, -0.15) is 5.26 Å². The molecule has 0 aliphatic rings. The zero-order valence-corrected chi connectivity index (χ0v) is 17.3. The molecule has 3 rings (SSSR count). The van der Waals surface area contributed by atoms with E-state index in [0.717, 1.165) is 11.3 Å². The molecule has 0 N–H and O–H groups in total. The maximum atomic E-state index is 9.57. The third-order valence-electron chi connectivity index (χ3n) is 3.62. The second-order valence-corrected chi connectivity index (χ2v) is 7.57. The number of aromatic nitrogens is 1. The van der Waals surface area contributed by atoms with Crippen LogP contribution in [0.2, 0.25) is 15.1 Å².